The molecule has 0 radical (unpaired) electrons. The van der Waals surface area contributed by atoms with Crippen LogP contribution in [0.2, 0.25) is 0 Å². The number of para-hydroxylation sites is 1. The van der Waals surface area contributed by atoms with E-state index in [1.165, 1.54) is 55.3 Å². The Labute approximate surface area is 264 Å². The van der Waals surface area contributed by atoms with Crippen molar-refractivity contribution in [2.45, 2.75) is 25.3 Å². The fraction of sp³-hybridized carbons (Fsp3) is 0.0952. The second-order valence-corrected chi connectivity index (χ2v) is 12.5. The zero-order valence-corrected chi connectivity index (χ0v) is 25.5. The van der Waals surface area contributed by atoms with Crippen LogP contribution >= 0.6 is 0 Å². The van der Waals surface area contributed by atoms with Crippen LogP contribution in [0.25, 0.3) is 55.2 Å². The predicted molar refractivity (Wildman–Crippen MR) is 190 cm³/mol. The summed E-state index contributed by atoms with van der Waals surface area (Å²) in [6, 6.07) is 49.7. The lowest BCUT2D eigenvalue weighted by atomic mass is 9.82. The van der Waals surface area contributed by atoms with Crippen LogP contribution in [0.1, 0.15) is 36.6 Å². The molecule has 1 aliphatic carbocycles. The smallest absolute Gasteiger partial charge is 0.0713 e. The van der Waals surface area contributed by atoms with E-state index in [4.69, 9.17) is 5.73 Å². The van der Waals surface area contributed by atoms with E-state index in [0.29, 0.717) is 0 Å². The normalized spacial score (nSPS) is 14.1. The van der Waals surface area contributed by atoms with E-state index >= 15 is 0 Å². The van der Waals surface area contributed by atoms with Gasteiger partial charge in [-0.2, -0.15) is 0 Å². The van der Waals surface area contributed by atoms with Gasteiger partial charge in [0.15, 0.2) is 0 Å². The minimum atomic E-state index is -0.238. The average Bonchev–Trinajstić information content (AvgIpc) is 3.52. The highest BCUT2D eigenvalue weighted by Crippen LogP contribution is 2.50. The van der Waals surface area contributed by atoms with Crippen molar-refractivity contribution < 1.29 is 0 Å². The summed E-state index contributed by atoms with van der Waals surface area (Å²) in [6.07, 6.45) is 4.00. The zero-order valence-electron chi connectivity index (χ0n) is 25.5. The van der Waals surface area contributed by atoms with Gasteiger partial charge in [0.2, 0.25) is 0 Å². The van der Waals surface area contributed by atoms with Gasteiger partial charge < -0.3 is 11.2 Å². The number of nitrogens with zero attached hydrogens (tertiary/aromatic N) is 1. The van der Waals surface area contributed by atoms with Crippen molar-refractivity contribution >= 4 is 21.8 Å². The minimum Gasteiger partial charge on any atom is -0.321 e. The highest BCUT2D eigenvalue weighted by atomic mass is 15.4. The number of fused-ring (bicyclic) bond motifs is 6. The first-order valence-corrected chi connectivity index (χ1v) is 15.6. The average molecular weight is 582 g/mol. The quantitative estimate of drug-likeness (QED) is 0.205. The Morgan fingerprint density at radius 2 is 1.18 bits per heavy atom. The molecule has 0 amide bonds. The lowest BCUT2D eigenvalue weighted by Gasteiger charge is -2.21. The second-order valence-electron chi connectivity index (χ2n) is 12.5. The molecular weight excluding hydrogens is 546 g/mol. The van der Waals surface area contributed by atoms with Gasteiger partial charge in [-0.25, -0.2) is 0 Å². The zero-order chi connectivity index (χ0) is 30.5. The van der Waals surface area contributed by atoms with Crippen molar-refractivity contribution in [3.63, 3.8) is 0 Å². The third-order valence-corrected chi connectivity index (χ3v) is 9.50. The monoisotopic (exact) mass is 581 g/mol. The van der Waals surface area contributed by atoms with Crippen molar-refractivity contribution in [2.24, 2.45) is 5.73 Å². The van der Waals surface area contributed by atoms with Gasteiger partial charge in [0.25, 0.3) is 0 Å². The first-order valence-electron chi connectivity index (χ1n) is 15.6. The summed E-state index contributed by atoms with van der Waals surface area (Å²) in [5.41, 5.74) is 23.8. The number of nitrogens with two attached hydrogens (primary N) is 1. The molecule has 0 spiro atoms. The van der Waals surface area contributed by atoms with E-state index in [0.717, 1.165) is 16.6 Å². The topological polar surface area (TPSA) is 43.0 Å². The van der Waals surface area contributed by atoms with Crippen molar-refractivity contribution in [2.75, 3.05) is 5.43 Å². The molecule has 1 unspecified atom stereocenters. The Morgan fingerprint density at radius 1 is 0.578 bits per heavy atom. The molecule has 45 heavy (non-hydrogen) atoms. The van der Waals surface area contributed by atoms with Gasteiger partial charge in [-0.05, 0) is 74.3 Å². The van der Waals surface area contributed by atoms with Gasteiger partial charge in [0.05, 0.1) is 11.0 Å². The lowest BCUT2D eigenvalue weighted by Crippen LogP contribution is -2.15. The van der Waals surface area contributed by atoms with Crippen LogP contribution in [0.15, 0.2) is 152 Å². The molecule has 7 aromatic rings. The van der Waals surface area contributed by atoms with Crippen molar-refractivity contribution in [3.8, 4) is 33.4 Å². The predicted octanol–water partition coefficient (Wildman–Crippen LogP) is 10.2. The maximum atomic E-state index is 6.65. The van der Waals surface area contributed by atoms with Crippen LogP contribution in [0.4, 0.5) is 0 Å². The van der Waals surface area contributed by atoms with E-state index in [2.05, 4.69) is 157 Å². The standard InChI is InChI=1S/C42H35N3/c1-42(2)37-14-8-6-12-33(37)35-26-36-34-13-7-9-15-40(34)45(41(36)27-38(35)42)44-25-24-39(43)32-22-20-31(21-23-32)30-18-16-29(17-19-30)28-10-4-3-5-11-28/h3-27,39,44H,43H2,1-2H3/b25-24-. The van der Waals surface area contributed by atoms with Gasteiger partial charge >= 0.3 is 0 Å². The summed E-state index contributed by atoms with van der Waals surface area (Å²) in [5, 5.41) is 2.48. The number of aromatic nitrogens is 1. The molecule has 8 rings (SSSR count). The Bertz CT molecular complexity index is 2200. The van der Waals surface area contributed by atoms with E-state index < -0.39 is 0 Å². The van der Waals surface area contributed by atoms with E-state index in [1.807, 2.05) is 18.3 Å². The van der Waals surface area contributed by atoms with E-state index in [-0.39, 0.29) is 11.5 Å². The number of nitrogens with one attached hydrogen (secondary N) is 1. The Kier molecular flexibility index (Phi) is 6.44. The largest absolute Gasteiger partial charge is 0.321 e. The number of hydrogen-bond acceptors (Lipinski definition) is 2. The summed E-state index contributed by atoms with van der Waals surface area (Å²) < 4.78 is 2.19. The molecule has 0 fully saturated rings. The summed E-state index contributed by atoms with van der Waals surface area (Å²) in [6.45, 7) is 4.65. The molecule has 218 valence electrons. The highest BCUT2D eigenvalue weighted by Gasteiger charge is 2.36. The van der Waals surface area contributed by atoms with Crippen LogP contribution in [-0.4, -0.2) is 4.68 Å². The molecule has 6 aromatic carbocycles. The van der Waals surface area contributed by atoms with Gasteiger partial charge in [-0.15, -0.1) is 0 Å². The highest BCUT2D eigenvalue weighted by molar-refractivity contribution is 6.10. The maximum Gasteiger partial charge on any atom is 0.0713 e. The molecule has 3 N–H and O–H groups in total. The number of benzene rings is 6. The molecule has 1 atom stereocenters. The van der Waals surface area contributed by atoms with Crippen LogP contribution in [0.5, 0.6) is 0 Å². The fourth-order valence-corrected chi connectivity index (χ4v) is 7.02. The summed E-state index contributed by atoms with van der Waals surface area (Å²) >= 11 is 0. The first kappa shape index (κ1) is 27.2. The Balaban J connectivity index is 1.05. The van der Waals surface area contributed by atoms with Crippen LogP contribution in [0.3, 0.4) is 0 Å². The van der Waals surface area contributed by atoms with E-state index in [1.54, 1.807) is 0 Å². The fourth-order valence-electron chi connectivity index (χ4n) is 7.02. The SMILES string of the molecule is CC1(C)c2ccccc2-c2cc3c4ccccc4n(N/C=C\C(N)c4ccc(-c5ccc(-c6ccccc6)cc5)cc4)c3cc21. The van der Waals surface area contributed by atoms with Gasteiger partial charge in [-0.3, -0.25) is 4.68 Å². The molecule has 0 aliphatic heterocycles. The van der Waals surface area contributed by atoms with Crippen LogP contribution < -0.4 is 11.2 Å². The molecule has 3 nitrogen and oxygen atoms in total. The van der Waals surface area contributed by atoms with Crippen molar-refractivity contribution in [1.29, 1.82) is 0 Å². The molecule has 1 aromatic heterocycles. The molecule has 1 aliphatic rings. The summed E-state index contributed by atoms with van der Waals surface area (Å²) in [4.78, 5) is 0. The maximum absolute atomic E-state index is 6.65. The Hall–Kier alpha value is -5.38. The van der Waals surface area contributed by atoms with Crippen LogP contribution in [-0.2, 0) is 5.41 Å². The molecule has 0 saturated carbocycles. The first-order chi connectivity index (χ1) is 22.0. The molecule has 0 bridgehead atoms. The summed E-state index contributed by atoms with van der Waals surface area (Å²) in [7, 11) is 0. The third kappa shape index (κ3) is 4.56. The van der Waals surface area contributed by atoms with E-state index in [9.17, 15) is 0 Å². The molecule has 1 heterocycles. The van der Waals surface area contributed by atoms with Gasteiger partial charge in [0, 0.05) is 28.4 Å². The Morgan fingerprint density at radius 3 is 1.91 bits per heavy atom. The molecular formula is C42H35N3. The van der Waals surface area contributed by atoms with Crippen LogP contribution in [0, 0.1) is 0 Å². The number of hydrogen-bond donors (Lipinski definition) is 2. The van der Waals surface area contributed by atoms with Crippen molar-refractivity contribution in [3.05, 3.63) is 168 Å². The summed E-state index contributed by atoms with van der Waals surface area (Å²) in [5.74, 6) is 0. The van der Waals surface area contributed by atoms with Gasteiger partial charge in [0.1, 0.15) is 0 Å². The van der Waals surface area contributed by atoms with Crippen molar-refractivity contribution in [1.82, 2.24) is 4.68 Å². The van der Waals surface area contributed by atoms with Gasteiger partial charge in [-0.1, -0.05) is 135 Å². The molecule has 0 saturated heterocycles. The molecule has 3 heteroatoms. The number of rotatable bonds is 6. The third-order valence-electron chi connectivity index (χ3n) is 9.50. The minimum absolute atomic E-state index is 0.0598. The second kappa shape index (κ2) is 10.7. The lowest BCUT2D eigenvalue weighted by molar-refractivity contribution is 0.661.